The Morgan fingerprint density at radius 2 is 2.05 bits per heavy atom. The van der Waals surface area contributed by atoms with Crippen molar-refractivity contribution in [3.8, 4) is 0 Å². The van der Waals surface area contributed by atoms with Gasteiger partial charge < -0.3 is 15.2 Å². The van der Waals surface area contributed by atoms with E-state index in [4.69, 9.17) is 4.74 Å². The maximum Gasteiger partial charge on any atom is 0.0897 e. The predicted molar refractivity (Wildman–Crippen MR) is 86.1 cm³/mol. The van der Waals surface area contributed by atoms with E-state index >= 15 is 0 Å². The van der Waals surface area contributed by atoms with Crippen molar-refractivity contribution in [1.82, 2.24) is 5.32 Å². The standard InChI is InChI=1S/C18H27NO2/c20-18(15-21-14-17-9-5-2-6-10-17)13-19-12-11-16-7-3-1-4-8-16/h2,5-7,9-10,18-20H,1,3-4,8,11-15H2. The Kier molecular flexibility index (Phi) is 7.50. The molecule has 2 rings (SSSR count). The highest BCUT2D eigenvalue weighted by Crippen LogP contribution is 2.19. The topological polar surface area (TPSA) is 41.5 Å². The van der Waals surface area contributed by atoms with Crippen molar-refractivity contribution in [1.29, 1.82) is 0 Å². The molecule has 1 aromatic rings. The van der Waals surface area contributed by atoms with Gasteiger partial charge in [0.05, 0.1) is 19.3 Å². The van der Waals surface area contributed by atoms with Crippen molar-refractivity contribution in [3.05, 3.63) is 47.5 Å². The van der Waals surface area contributed by atoms with Gasteiger partial charge in [-0.15, -0.1) is 0 Å². The second-order valence-electron chi connectivity index (χ2n) is 5.72. The van der Waals surface area contributed by atoms with Gasteiger partial charge in [-0.2, -0.15) is 0 Å². The normalized spacial score (nSPS) is 16.5. The van der Waals surface area contributed by atoms with Crippen LogP contribution in [-0.2, 0) is 11.3 Å². The summed E-state index contributed by atoms with van der Waals surface area (Å²) in [5.74, 6) is 0. The first-order chi connectivity index (χ1) is 10.3. The van der Waals surface area contributed by atoms with E-state index in [-0.39, 0.29) is 0 Å². The van der Waals surface area contributed by atoms with Gasteiger partial charge in [0.1, 0.15) is 0 Å². The molecule has 0 amide bonds. The first kappa shape index (κ1) is 16.2. The minimum Gasteiger partial charge on any atom is -0.389 e. The third kappa shape index (κ3) is 6.89. The number of ether oxygens (including phenoxy) is 1. The van der Waals surface area contributed by atoms with E-state index in [1.807, 2.05) is 30.3 Å². The number of allylic oxidation sites excluding steroid dienone is 1. The summed E-state index contributed by atoms with van der Waals surface area (Å²) in [5.41, 5.74) is 2.71. The molecule has 1 atom stereocenters. The predicted octanol–water partition coefficient (Wildman–Crippen LogP) is 3.04. The Morgan fingerprint density at radius 1 is 1.19 bits per heavy atom. The van der Waals surface area contributed by atoms with Crippen LogP contribution in [0.5, 0.6) is 0 Å². The van der Waals surface area contributed by atoms with Gasteiger partial charge >= 0.3 is 0 Å². The molecule has 0 radical (unpaired) electrons. The number of hydrogen-bond acceptors (Lipinski definition) is 3. The fourth-order valence-electron chi connectivity index (χ4n) is 2.60. The number of nitrogens with one attached hydrogen (secondary N) is 1. The summed E-state index contributed by atoms with van der Waals surface area (Å²) in [7, 11) is 0. The van der Waals surface area contributed by atoms with E-state index in [0.29, 0.717) is 19.8 Å². The molecule has 0 spiro atoms. The smallest absolute Gasteiger partial charge is 0.0897 e. The molecule has 21 heavy (non-hydrogen) atoms. The van der Waals surface area contributed by atoms with Gasteiger partial charge in [0.25, 0.3) is 0 Å². The molecule has 116 valence electrons. The lowest BCUT2D eigenvalue weighted by Gasteiger charge is -2.15. The lowest BCUT2D eigenvalue weighted by atomic mass is 9.97. The summed E-state index contributed by atoms with van der Waals surface area (Å²) in [6.07, 6.45) is 8.22. The summed E-state index contributed by atoms with van der Waals surface area (Å²) < 4.78 is 5.53. The second kappa shape index (κ2) is 9.72. The number of rotatable bonds is 9. The van der Waals surface area contributed by atoms with Crippen molar-refractivity contribution in [3.63, 3.8) is 0 Å². The maximum atomic E-state index is 9.86. The molecule has 1 aromatic carbocycles. The zero-order valence-electron chi connectivity index (χ0n) is 12.8. The van der Waals surface area contributed by atoms with E-state index in [1.165, 1.54) is 25.7 Å². The molecule has 0 saturated heterocycles. The highest BCUT2D eigenvalue weighted by Gasteiger charge is 2.06. The first-order valence-electron chi connectivity index (χ1n) is 8.03. The average Bonchev–Trinajstić information content (AvgIpc) is 2.54. The summed E-state index contributed by atoms with van der Waals surface area (Å²) in [4.78, 5) is 0. The average molecular weight is 289 g/mol. The van der Waals surface area contributed by atoms with Crippen LogP contribution >= 0.6 is 0 Å². The highest BCUT2D eigenvalue weighted by molar-refractivity contribution is 5.13. The molecule has 1 aliphatic rings. The summed E-state index contributed by atoms with van der Waals surface area (Å²) in [5, 5.41) is 13.2. The van der Waals surface area contributed by atoms with Gasteiger partial charge in [0, 0.05) is 6.54 Å². The van der Waals surface area contributed by atoms with Crippen LogP contribution in [-0.4, -0.2) is 30.9 Å². The SMILES string of the molecule is OC(CNCCC1=CCCCC1)COCc1ccccc1. The largest absolute Gasteiger partial charge is 0.389 e. The fourth-order valence-corrected chi connectivity index (χ4v) is 2.60. The van der Waals surface area contributed by atoms with Crippen LogP contribution in [0.2, 0.25) is 0 Å². The van der Waals surface area contributed by atoms with Crippen LogP contribution < -0.4 is 5.32 Å². The molecule has 3 nitrogen and oxygen atoms in total. The molecular weight excluding hydrogens is 262 g/mol. The quantitative estimate of drug-likeness (QED) is 0.542. The Labute approximate surface area is 128 Å². The van der Waals surface area contributed by atoms with E-state index in [1.54, 1.807) is 5.57 Å². The third-order valence-corrected chi connectivity index (χ3v) is 3.81. The fraction of sp³-hybridized carbons (Fsp3) is 0.556. The monoisotopic (exact) mass is 289 g/mol. The minimum absolute atomic E-state index is 0.380. The molecule has 3 heteroatoms. The Morgan fingerprint density at radius 3 is 2.81 bits per heavy atom. The van der Waals surface area contributed by atoms with Crippen molar-refractivity contribution in [2.24, 2.45) is 0 Å². The molecule has 0 heterocycles. The van der Waals surface area contributed by atoms with Crippen molar-refractivity contribution < 1.29 is 9.84 Å². The summed E-state index contributed by atoms with van der Waals surface area (Å²) in [6, 6.07) is 10.0. The van der Waals surface area contributed by atoms with E-state index in [2.05, 4.69) is 11.4 Å². The van der Waals surface area contributed by atoms with Gasteiger partial charge in [0.2, 0.25) is 0 Å². The number of hydrogen-bond donors (Lipinski definition) is 2. The van der Waals surface area contributed by atoms with Crippen LogP contribution in [0.4, 0.5) is 0 Å². The molecule has 0 aromatic heterocycles. The molecule has 1 aliphatic carbocycles. The molecule has 1 unspecified atom stereocenters. The van der Waals surface area contributed by atoms with Gasteiger partial charge in [-0.05, 0) is 44.2 Å². The molecule has 0 saturated carbocycles. The van der Waals surface area contributed by atoms with Crippen LogP contribution in [0.25, 0.3) is 0 Å². The van der Waals surface area contributed by atoms with E-state index in [0.717, 1.165) is 18.5 Å². The lowest BCUT2D eigenvalue weighted by molar-refractivity contribution is 0.0290. The summed E-state index contributed by atoms with van der Waals surface area (Å²) >= 11 is 0. The van der Waals surface area contributed by atoms with Gasteiger partial charge in [-0.25, -0.2) is 0 Å². The second-order valence-corrected chi connectivity index (χ2v) is 5.72. The number of aliphatic hydroxyl groups is 1. The molecule has 0 fully saturated rings. The van der Waals surface area contributed by atoms with Crippen LogP contribution in [0, 0.1) is 0 Å². The number of benzene rings is 1. The van der Waals surface area contributed by atoms with Crippen molar-refractivity contribution in [2.75, 3.05) is 19.7 Å². The van der Waals surface area contributed by atoms with Crippen LogP contribution in [0.3, 0.4) is 0 Å². The van der Waals surface area contributed by atoms with Gasteiger partial charge in [0.15, 0.2) is 0 Å². The van der Waals surface area contributed by atoms with Crippen LogP contribution in [0.15, 0.2) is 42.0 Å². The van der Waals surface area contributed by atoms with Gasteiger partial charge in [-0.1, -0.05) is 42.0 Å². The molecule has 2 N–H and O–H groups in total. The third-order valence-electron chi connectivity index (χ3n) is 3.81. The first-order valence-corrected chi connectivity index (χ1v) is 8.03. The zero-order chi connectivity index (χ0) is 14.8. The van der Waals surface area contributed by atoms with Crippen molar-refractivity contribution in [2.45, 2.75) is 44.8 Å². The summed E-state index contributed by atoms with van der Waals surface area (Å²) in [6.45, 7) is 2.49. The maximum absolute atomic E-state index is 9.86. The molecule has 0 aliphatic heterocycles. The number of aliphatic hydroxyl groups excluding tert-OH is 1. The molecular formula is C18H27NO2. The van der Waals surface area contributed by atoms with Crippen molar-refractivity contribution >= 4 is 0 Å². The Bertz CT molecular complexity index is 416. The Hall–Kier alpha value is -1.16. The van der Waals surface area contributed by atoms with Crippen LogP contribution in [0.1, 0.15) is 37.7 Å². The lowest BCUT2D eigenvalue weighted by Crippen LogP contribution is -2.31. The van der Waals surface area contributed by atoms with E-state index in [9.17, 15) is 5.11 Å². The highest BCUT2D eigenvalue weighted by atomic mass is 16.5. The zero-order valence-corrected chi connectivity index (χ0v) is 12.8. The van der Waals surface area contributed by atoms with Gasteiger partial charge in [-0.3, -0.25) is 0 Å². The van der Waals surface area contributed by atoms with E-state index < -0.39 is 6.10 Å². The Balaban J connectivity index is 1.49. The minimum atomic E-state index is -0.436. The molecule has 0 bridgehead atoms.